The van der Waals surface area contributed by atoms with E-state index in [0.29, 0.717) is 36.2 Å². The van der Waals surface area contributed by atoms with Gasteiger partial charge in [0.15, 0.2) is 0 Å². The molecule has 3 aromatic rings. The highest BCUT2D eigenvalue weighted by Crippen LogP contribution is 2.29. The Labute approximate surface area is 189 Å². The van der Waals surface area contributed by atoms with Crippen molar-refractivity contribution in [1.29, 1.82) is 0 Å². The number of amides is 1. The van der Waals surface area contributed by atoms with Crippen LogP contribution in [0.25, 0.3) is 16.5 Å². The highest BCUT2D eigenvalue weighted by Gasteiger charge is 2.28. The molecule has 1 aromatic carbocycles. The zero-order chi connectivity index (χ0) is 22.8. The number of carbonyl (C=O) groups excluding carboxylic acids is 1. The number of benzene rings is 1. The van der Waals surface area contributed by atoms with Gasteiger partial charge in [-0.1, -0.05) is 44.9 Å². The summed E-state index contributed by atoms with van der Waals surface area (Å²) in [5.74, 6) is 1.34. The molecule has 32 heavy (non-hydrogen) atoms. The number of hydrogen-bond donors (Lipinski definition) is 1. The smallest absolute Gasteiger partial charge is 0.281 e. The average molecular weight is 435 g/mol. The summed E-state index contributed by atoms with van der Waals surface area (Å²) >= 11 is 0. The third-order valence-electron chi connectivity index (χ3n) is 7.38. The van der Waals surface area contributed by atoms with Gasteiger partial charge >= 0.3 is 0 Å². The van der Waals surface area contributed by atoms with Gasteiger partial charge in [0.05, 0.1) is 17.3 Å². The van der Waals surface area contributed by atoms with E-state index in [2.05, 4.69) is 28.8 Å². The molecule has 0 aliphatic heterocycles. The molecule has 1 N–H and O–H groups in total. The lowest BCUT2D eigenvalue weighted by atomic mass is 9.78. The molecule has 0 saturated heterocycles. The molecule has 0 radical (unpaired) electrons. The fraction of sp³-hybridized carbons (Fsp3) is 0.500. The summed E-state index contributed by atoms with van der Waals surface area (Å²) < 4.78 is 3.61. The molecule has 0 unspecified atom stereocenters. The summed E-state index contributed by atoms with van der Waals surface area (Å²) in [7, 11) is 0. The van der Waals surface area contributed by atoms with Crippen LogP contribution in [0.4, 0.5) is 0 Å². The predicted octanol–water partition coefficient (Wildman–Crippen LogP) is 4.53. The molecule has 1 aliphatic rings. The van der Waals surface area contributed by atoms with Crippen LogP contribution in [0.15, 0.2) is 41.3 Å². The number of aryl methyl sites for hydroxylation is 2. The van der Waals surface area contributed by atoms with Crippen LogP contribution in [-0.4, -0.2) is 26.3 Å². The molecule has 2 aromatic heterocycles. The molecule has 1 amide bonds. The van der Waals surface area contributed by atoms with Gasteiger partial charge < -0.3 is 9.88 Å². The van der Waals surface area contributed by atoms with E-state index in [1.54, 1.807) is 6.20 Å². The number of aromatic nitrogens is 3. The fourth-order valence-corrected chi connectivity index (χ4v) is 5.16. The second-order valence-electron chi connectivity index (χ2n) is 9.35. The maximum absolute atomic E-state index is 13.2. The summed E-state index contributed by atoms with van der Waals surface area (Å²) in [6.07, 6.45) is 6.55. The van der Waals surface area contributed by atoms with Crippen LogP contribution in [0, 0.1) is 25.7 Å². The van der Waals surface area contributed by atoms with Crippen LogP contribution in [0.2, 0.25) is 0 Å². The molecule has 1 fully saturated rings. The Morgan fingerprint density at radius 2 is 1.88 bits per heavy atom. The van der Waals surface area contributed by atoms with E-state index >= 15 is 0 Å². The van der Waals surface area contributed by atoms with Gasteiger partial charge in [-0.15, -0.1) is 0 Å². The first-order valence-electron chi connectivity index (χ1n) is 11.8. The van der Waals surface area contributed by atoms with Gasteiger partial charge in [0, 0.05) is 35.8 Å². The van der Waals surface area contributed by atoms with Crippen LogP contribution in [0.5, 0.6) is 0 Å². The second-order valence-corrected chi connectivity index (χ2v) is 9.35. The molecular weight excluding hydrogens is 400 g/mol. The van der Waals surface area contributed by atoms with Crippen molar-refractivity contribution >= 4 is 16.7 Å². The lowest BCUT2D eigenvalue weighted by Crippen LogP contribution is -2.43. The van der Waals surface area contributed by atoms with E-state index < -0.39 is 0 Å². The first-order chi connectivity index (χ1) is 15.4. The highest BCUT2D eigenvalue weighted by atomic mass is 16.1. The largest absolute Gasteiger partial charge is 0.353 e. The Morgan fingerprint density at radius 3 is 2.62 bits per heavy atom. The maximum atomic E-state index is 13.2. The number of nitrogens with one attached hydrogen (secondary N) is 1. The Balaban J connectivity index is 1.47. The molecule has 6 heteroatoms. The first-order valence-corrected chi connectivity index (χ1v) is 11.8. The van der Waals surface area contributed by atoms with Gasteiger partial charge in [-0.2, -0.15) is 9.78 Å². The monoisotopic (exact) mass is 434 g/mol. The van der Waals surface area contributed by atoms with Gasteiger partial charge in [0.2, 0.25) is 5.91 Å². The summed E-state index contributed by atoms with van der Waals surface area (Å²) in [6, 6.07) is 9.78. The zero-order valence-corrected chi connectivity index (χ0v) is 19.6. The van der Waals surface area contributed by atoms with E-state index in [-0.39, 0.29) is 11.5 Å². The minimum Gasteiger partial charge on any atom is -0.353 e. The van der Waals surface area contributed by atoms with Crippen LogP contribution >= 0.6 is 0 Å². The summed E-state index contributed by atoms with van der Waals surface area (Å²) in [5, 5.41) is 9.26. The van der Waals surface area contributed by atoms with Crippen molar-refractivity contribution in [1.82, 2.24) is 19.7 Å². The van der Waals surface area contributed by atoms with Crippen molar-refractivity contribution in [2.45, 2.75) is 72.4 Å². The van der Waals surface area contributed by atoms with E-state index in [1.165, 1.54) is 17.5 Å². The minimum absolute atomic E-state index is 0.105. The van der Waals surface area contributed by atoms with Crippen molar-refractivity contribution in [3.8, 4) is 5.69 Å². The maximum Gasteiger partial charge on any atom is 0.281 e. The topological polar surface area (TPSA) is 68.9 Å². The Hall–Kier alpha value is -2.89. The molecule has 170 valence electrons. The number of carbonyl (C=O) groups is 1. The van der Waals surface area contributed by atoms with Crippen molar-refractivity contribution in [2.75, 3.05) is 0 Å². The lowest BCUT2D eigenvalue weighted by Gasteiger charge is -2.34. The minimum atomic E-state index is -0.105. The molecule has 4 rings (SSSR count). The SMILES string of the molecule is Cc1c2cnn(-c3ccccc3)c(=O)c2c(C)n1CCCC(=O)N[C@@H]1CCC[C@H](C)[C@H]1C. The quantitative estimate of drug-likeness (QED) is 0.620. The summed E-state index contributed by atoms with van der Waals surface area (Å²) in [5.41, 5.74) is 2.61. The van der Waals surface area contributed by atoms with Crippen molar-refractivity contribution in [2.24, 2.45) is 11.8 Å². The average Bonchev–Trinajstić information content (AvgIpc) is 3.03. The first kappa shape index (κ1) is 22.3. The predicted molar refractivity (Wildman–Crippen MR) is 128 cm³/mol. The highest BCUT2D eigenvalue weighted by molar-refractivity contribution is 5.87. The van der Waals surface area contributed by atoms with Crippen LogP contribution in [-0.2, 0) is 11.3 Å². The number of nitrogens with zero attached hydrogens (tertiary/aromatic N) is 3. The lowest BCUT2D eigenvalue weighted by molar-refractivity contribution is -0.122. The Morgan fingerprint density at radius 1 is 1.12 bits per heavy atom. The van der Waals surface area contributed by atoms with Gasteiger partial charge in [0.1, 0.15) is 0 Å². The molecular formula is C26H34N4O2. The third kappa shape index (κ3) is 4.23. The van der Waals surface area contributed by atoms with Gasteiger partial charge in [0.25, 0.3) is 5.56 Å². The summed E-state index contributed by atoms with van der Waals surface area (Å²) in [6.45, 7) is 9.25. The van der Waals surface area contributed by atoms with Crippen LogP contribution < -0.4 is 10.9 Å². The zero-order valence-electron chi connectivity index (χ0n) is 19.6. The number of para-hydroxylation sites is 1. The standard InChI is InChI=1S/C26H34N4O2/c1-17-10-8-13-23(18(17)2)28-24(31)14-9-15-29-19(3)22-16-27-30(21-11-6-5-7-12-21)26(32)25(22)20(29)4/h5-7,11-12,16-18,23H,8-10,13-15H2,1-4H3,(H,28,31)/t17-,18+,23+/m0/s1. The third-order valence-corrected chi connectivity index (χ3v) is 7.38. The molecule has 2 heterocycles. The fourth-order valence-electron chi connectivity index (χ4n) is 5.16. The molecule has 3 atom stereocenters. The molecule has 1 saturated carbocycles. The van der Waals surface area contributed by atoms with Gasteiger partial charge in [-0.25, -0.2) is 0 Å². The number of rotatable bonds is 6. The summed E-state index contributed by atoms with van der Waals surface area (Å²) in [4.78, 5) is 25.8. The van der Waals surface area contributed by atoms with E-state index in [4.69, 9.17) is 0 Å². The molecule has 0 bridgehead atoms. The van der Waals surface area contributed by atoms with Gasteiger partial charge in [-0.3, -0.25) is 9.59 Å². The van der Waals surface area contributed by atoms with Gasteiger partial charge in [-0.05, 0) is 50.7 Å². The molecule has 1 aliphatic carbocycles. The van der Waals surface area contributed by atoms with Crippen LogP contribution in [0.1, 0.15) is 57.3 Å². The van der Waals surface area contributed by atoms with Crippen LogP contribution in [0.3, 0.4) is 0 Å². The van der Waals surface area contributed by atoms with E-state index in [0.717, 1.165) is 35.3 Å². The number of fused-ring (bicyclic) bond motifs is 1. The Kier molecular flexibility index (Phi) is 6.49. The molecule has 0 spiro atoms. The normalized spacial score (nSPS) is 21.1. The van der Waals surface area contributed by atoms with E-state index in [9.17, 15) is 9.59 Å². The number of hydrogen-bond acceptors (Lipinski definition) is 3. The second kappa shape index (κ2) is 9.31. The van der Waals surface area contributed by atoms with Crippen molar-refractivity contribution < 1.29 is 4.79 Å². The van der Waals surface area contributed by atoms with Crippen molar-refractivity contribution in [3.05, 3.63) is 58.3 Å². The Bertz CT molecular complexity index is 1160. The molecule has 6 nitrogen and oxygen atoms in total. The van der Waals surface area contributed by atoms with E-state index in [1.807, 2.05) is 44.2 Å². The van der Waals surface area contributed by atoms with Crippen molar-refractivity contribution in [3.63, 3.8) is 0 Å².